The van der Waals surface area contributed by atoms with Crippen molar-refractivity contribution in [2.45, 2.75) is 47.0 Å². The number of carbonyl (C=O) groups excluding carboxylic acids is 1. The highest BCUT2D eigenvalue weighted by Crippen LogP contribution is 2.03. The molecule has 0 saturated carbocycles. The molecule has 78 valence electrons. The molecule has 1 atom stereocenters. The third kappa shape index (κ3) is 7.82. The molecule has 0 radical (unpaired) electrons. The first-order chi connectivity index (χ1) is 6.06. The topological polar surface area (TPSA) is 29.1 Å². The molecule has 1 N–H and O–H groups in total. The Labute approximate surface area is 82.1 Å². The number of hydrogen-bond acceptors (Lipinski definition) is 1. The number of hydrogen-bond donors (Lipinski definition) is 1. The van der Waals surface area contributed by atoms with Gasteiger partial charge in [0, 0.05) is 13.0 Å². The van der Waals surface area contributed by atoms with Crippen LogP contribution in [0.2, 0.25) is 0 Å². The monoisotopic (exact) mass is 185 g/mol. The predicted molar refractivity (Wildman–Crippen MR) is 56.5 cm³/mol. The summed E-state index contributed by atoms with van der Waals surface area (Å²) < 4.78 is 0. The van der Waals surface area contributed by atoms with E-state index < -0.39 is 0 Å². The second-order valence-corrected chi connectivity index (χ2v) is 4.30. The number of amides is 1. The smallest absolute Gasteiger partial charge is 0.220 e. The van der Waals surface area contributed by atoms with E-state index in [1.807, 2.05) is 0 Å². The largest absolute Gasteiger partial charge is 0.356 e. The van der Waals surface area contributed by atoms with Crippen LogP contribution >= 0.6 is 0 Å². The number of nitrogens with one attached hydrogen (secondary N) is 1. The maximum Gasteiger partial charge on any atom is 0.220 e. The molecule has 0 heterocycles. The summed E-state index contributed by atoms with van der Waals surface area (Å²) in [5, 5.41) is 2.96. The molecule has 0 spiro atoms. The quantitative estimate of drug-likeness (QED) is 0.677. The molecule has 0 aliphatic rings. The van der Waals surface area contributed by atoms with Gasteiger partial charge in [-0.25, -0.2) is 0 Å². The summed E-state index contributed by atoms with van der Waals surface area (Å²) in [5.41, 5.74) is 0. The Morgan fingerprint density at radius 2 is 1.92 bits per heavy atom. The van der Waals surface area contributed by atoms with E-state index in [4.69, 9.17) is 0 Å². The van der Waals surface area contributed by atoms with Gasteiger partial charge in [-0.05, 0) is 18.3 Å². The number of carbonyl (C=O) groups is 1. The lowest BCUT2D eigenvalue weighted by molar-refractivity contribution is -0.121. The van der Waals surface area contributed by atoms with Crippen molar-refractivity contribution in [1.82, 2.24) is 5.32 Å². The van der Waals surface area contributed by atoms with Gasteiger partial charge in [0.15, 0.2) is 0 Å². The Bertz CT molecular complexity index is 143. The van der Waals surface area contributed by atoms with E-state index in [2.05, 4.69) is 33.0 Å². The van der Waals surface area contributed by atoms with Crippen LogP contribution in [0.3, 0.4) is 0 Å². The van der Waals surface area contributed by atoms with Crippen molar-refractivity contribution in [3.63, 3.8) is 0 Å². The van der Waals surface area contributed by atoms with Crippen LogP contribution in [0.1, 0.15) is 47.0 Å². The average Bonchev–Trinajstić information content (AvgIpc) is 2.00. The second kappa shape index (κ2) is 6.93. The molecule has 0 aromatic heterocycles. The lowest BCUT2D eigenvalue weighted by atomic mass is 10.1. The molecule has 13 heavy (non-hydrogen) atoms. The zero-order chi connectivity index (χ0) is 10.3. The van der Waals surface area contributed by atoms with Gasteiger partial charge in [-0.3, -0.25) is 4.79 Å². The molecule has 2 nitrogen and oxygen atoms in total. The van der Waals surface area contributed by atoms with E-state index in [0.717, 1.165) is 6.54 Å². The Morgan fingerprint density at radius 1 is 1.31 bits per heavy atom. The molecule has 2 heteroatoms. The molecule has 0 aliphatic carbocycles. The van der Waals surface area contributed by atoms with Crippen LogP contribution < -0.4 is 5.32 Å². The van der Waals surface area contributed by atoms with Crippen LogP contribution in [0, 0.1) is 11.8 Å². The Balaban J connectivity index is 3.46. The standard InChI is InChI=1S/C11H23NO/c1-5-6-10(4)8-12-11(13)7-9(2)3/h9-10H,5-8H2,1-4H3,(H,12,13)/t10-/m0/s1. The fourth-order valence-corrected chi connectivity index (χ4v) is 1.33. The maximum atomic E-state index is 11.3. The van der Waals surface area contributed by atoms with Gasteiger partial charge >= 0.3 is 0 Å². The first-order valence-corrected chi connectivity index (χ1v) is 5.33. The van der Waals surface area contributed by atoms with Gasteiger partial charge in [-0.15, -0.1) is 0 Å². The van der Waals surface area contributed by atoms with Crippen LogP contribution in [-0.4, -0.2) is 12.5 Å². The molecule has 0 aromatic carbocycles. The first-order valence-electron chi connectivity index (χ1n) is 5.33. The van der Waals surface area contributed by atoms with E-state index in [0.29, 0.717) is 18.3 Å². The van der Waals surface area contributed by atoms with E-state index in [1.165, 1.54) is 12.8 Å². The van der Waals surface area contributed by atoms with Crippen molar-refractivity contribution >= 4 is 5.91 Å². The second-order valence-electron chi connectivity index (χ2n) is 4.30. The van der Waals surface area contributed by atoms with E-state index in [1.54, 1.807) is 0 Å². The summed E-state index contributed by atoms with van der Waals surface area (Å²) >= 11 is 0. The van der Waals surface area contributed by atoms with Crippen molar-refractivity contribution in [2.75, 3.05) is 6.54 Å². The molecule has 0 unspecified atom stereocenters. The zero-order valence-electron chi connectivity index (χ0n) is 9.39. The molecule has 0 saturated heterocycles. The lowest BCUT2D eigenvalue weighted by Gasteiger charge is -2.12. The fourth-order valence-electron chi connectivity index (χ4n) is 1.33. The van der Waals surface area contributed by atoms with Gasteiger partial charge in [0.05, 0.1) is 0 Å². The van der Waals surface area contributed by atoms with Gasteiger partial charge in [0.1, 0.15) is 0 Å². The predicted octanol–water partition coefficient (Wildman–Crippen LogP) is 2.58. The SMILES string of the molecule is CCC[C@H](C)CNC(=O)CC(C)C. The summed E-state index contributed by atoms with van der Waals surface area (Å²) in [5.74, 6) is 1.26. The third-order valence-electron chi connectivity index (χ3n) is 2.02. The van der Waals surface area contributed by atoms with Crippen LogP contribution in [0.15, 0.2) is 0 Å². The highest BCUT2D eigenvalue weighted by molar-refractivity contribution is 5.75. The van der Waals surface area contributed by atoms with Crippen LogP contribution in [0.5, 0.6) is 0 Å². The highest BCUT2D eigenvalue weighted by Gasteiger charge is 2.06. The molecular formula is C11H23NO. The van der Waals surface area contributed by atoms with Crippen molar-refractivity contribution in [3.05, 3.63) is 0 Å². The molecule has 1 amide bonds. The Morgan fingerprint density at radius 3 is 2.38 bits per heavy atom. The van der Waals surface area contributed by atoms with Crippen molar-refractivity contribution in [1.29, 1.82) is 0 Å². The van der Waals surface area contributed by atoms with Crippen molar-refractivity contribution in [2.24, 2.45) is 11.8 Å². The Hall–Kier alpha value is -0.530. The first kappa shape index (κ1) is 12.5. The van der Waals surface area contributed by atoms with Gasteiger partial charge in [-0.2, -0.15) is 0 Å². The van der Waals surface area contributed by atoms with Gasteiger partial charge in [-0.1, -0.05) is 34.1 Å². The minimum Gasteiger partial charge on any atom is -0.356 e. The summed E-state index contributed by atoms with van der Waals surface area (Å²) in [6.07, 6.45) is 3.04. The highest BCUT2D eigenvalue weighted by atomic mass is 16.1. The van der Waals surface area contributed by atoms with Crippen LogP contribution in [0.4, 0.5) is 0 Å². The van der Waals surface area contributed by atoms with Gasteiger partial charge in [0.25, 0.3) is 0 Å². The molecular weight excluding hydrogens is 162 g/mol. The fraction of sp³-hybridized carbons (Fsp3) is 0.909. The van der Waals surface area contributed by atoms with Crippen molar-refractivity contribution < 1.29 is 4.79 Å². The van der Waals surface area contributed by atoms with E-state index in [9.17, 15) is 4.79 Å². The third-order valence-corrected chi connectivity index (χ3v) is 2.02. The maximum absolute atomic E-state index is 11.3. The van der Waals surface area contributed by atoms with Crippen LogP contribution in [0.25, 0.3) is 0 Å². The van der Waals surface area contributed by atoms with Crippen LogP contribution in [-0.2, 0) is 4.79 Å². The minimum atomic E-state index is 0.193. The summed E-state index contributed by atoms with van der Waals surface area (Å²) in [6, 6.07) is 0. The summed E-state index contributed by atoms with van der Waals surface area (Å²) in [4.78, 5) is 11.3. The normalized spacial score (nSPS) is 13.0. The molecule has 0 aromatic rings. The molecule has 0 fully saturated rings. The van der Waals surface area contributed by atoms with E-state index >= 15 is 0 Å². The molecule has 0 bridgehead atoms. The minimum absolute atomic E-state index is 0.193. The zero-order valence-corrected chi connectivity index (χ0v) is 9.39. The summed E-state index contributed by atoms with van der Waals surface area (Å²) in [6.45, 7) is 9.31. The Kier molecular flexibility index (Phi) is 6.65. The van der Waals surface area contributed by atoms with Crippen molar-refractivity contribution in [3.8, 4) is 0 Å². The summed E-state index contributed by atoms with van der Waals surface area (Å²) in [7, 11) is 0. The van der Waals surface area contributed by atoms with Gasteiger partial charge in [0.2, 0.25) is 5.91 Å². The average molecular weight is 185 g/mol. The number of rotatable bonds is 6. The van der Waals surface area contributed by atoms with Gasteiger partial charge < -0.3 is 5.32 Å². The molecule has 0 aliphatic heterocycles. The van der Waals surface area contributed by atoms with E-state index in [-0.39, 0.29) is 5.91 Å². The lowest BCUT2D eigenvalue weighted by Crippen LogP contribution is -2.28. The molecule has 0 rings (SSSR count).